The van der Waals surface area contributed by atoms with E-state index in [2.05, 4.69) is 46.8 Å². The molecule has 0 fully saturated rings. The molecular weight excluding hydrogens is 640 g/mol. The molecule has 1 N–H and O–H groups in total. The predicted octanol–water partition coefficient (Wildman–Crippen LogP) is 6.45. The van der Waals surface area contributed by atoms with Crippen molar-refractivity contribution in [1.29, 1.82) is 0 Å². The summed E-state index contributed by atoms with van der Waals surface area (Å²) in [6, 6.07) is 9.60. The highest BCUT2D eigenvalue weighted by molar-refractivity contribution is 9.10. The molecule has 0 heterocycles. The third-order valence-corrected chi connectivity index (χ3v) is 4.04. The van der Waals surface area contributed by atoms with E-state index < -0.39 is 35.2 Å². The number of halogens is 8. The molecule has 17 heteroatoms. The van der Waals surface area contributed by atoms with Crippen LogP contribution >= 0.6 is 31.9 Å². The van der Waals surface area contributed by atoms with E-state index >= 15 is 0 Å². The van der Waals surface area contributed by atoms with Gasteiger partial charge in [-0.3, -0.25) is 19.7 Å². The number of nitro groups is 1. The molecule has 36 heavy (non-hydrogen) atoms. The van der Waals surface area contributed by atoms with Crippen molar-refractivity contribution >= 4 is 55.0 Å². The summed E-state index contributed by atoms with van der Waals surface area (Å²) in [6.45, 7) is 2.17. The van der Waals surface area contributed by atoms with E-state index in [4.69, 9.17) is 10.1 Å². The van der Waals surface area contributed by atoms with Gasteiger partial charge in [-0.15, -0.1) is 26.3 Å². The minimum absolute atomic E-state index is 0.00743. The van der Waals surface area contributed by atoms with Gasteiger partial charge >= 0.3 is 12.7 Å². The van der Waals surface area contributed by atoms with Crippen molar-refractivity contribution in [1.82, 2.24) is 0 Å². The Labute approximate surface area is 216 Å². The Morgan fingerprint density at radius 3 is 1.81 bits per heavy atom. The molecule has 0 spiro atoms. The molecule has 9 nitrogen and oxygen atoms in total. The van der Waals surface area contributed by atoms with Gasteiger partial charge in [0.25, 0.3) is 0 Å². The molecule has 0 radical (unpaired) electrons. The van der Waals surface area contributed by atoms with Crippen molar-refractivity contribution in [3.8, 4) is 5.75 Å². The average molecular weight is 657 g/mol. The van der Waals surface area contributed by atoms with Crippen molar-refractivity contribution in [2.75, 3.05) is 17.4 Å². The third kappa shape index (κ3) is 15.9. The molecule has 0 aliphatic rings. The molecule has 2 aromatic rings. The van der Waals surface area contributed by atoms with E-state index in [9.17, 15) is 35.9 Å². The van der Waals surface area contributed by atoms with Crippen LogP contribution in [0, 0.1) is 10.1 Å². The zero-order valence-electron chi connectivity index (χ0n) is 18.4. The van der Waals surface area contributed by atoms with Gasteiger partial charge in [0.05, 0.1) is 11.4 Å². The number of rotatable bonds is 4. The maximum Gasteiger partial charge on any atom is 0.573 e. The van der Waals surface area contributed by atoms with Gasteiger partial charge in [-0.1, -0.05) is 31.9 Å². The Morgan fingerprint density at radius 1 is 0.944 bits per heavy atom. The molecule has 2 aromatic carbocycles. The monoisotopic (exact) mass is 655 g/mol. The van der Waals surface area contributed by atoms with Crippen LogP contribution in [-0.4, -0.2) is 36.5 Å². The first-order valence-corrected chi connectivity index (χ1v) is 10.6. The first-order valence-electron chi connectivity index (χ1n) is 9.03. The quantitative estimate of drug-likeness (QED) is 0.230. The van der Waals surface area contributed by atoms with Crippen LogP contribution in [0.15, 0.2) is 51.4 Å². The molecular formula is C19H17Br2F6N3O6. The molecule has 0 saturated heterocycles. The Hall–Kier alpha value is -2.92. The van der Waals surface area contributed by atoms with Crippen LogP contribution in [0.25, 0.3) is 0 Å². The van der Waals surface area contributed by atoms with Gasteiger partial charge in [0, 0.05) is 27.7 Å². The third-order valence-electron chi connectivity index (χ3n) is 3.02. The lowest BCUT2D eigenvalue weighted by Gasteiger charge is -2.21. The molecule has 0 aromatic heterocycles. The van der Waals surface area contributed by atoms with Gasteiger partial charge in [-0.2, -0.15) is 9.90 Å². The van der Waals surface area contributed by atoms with Gasteiger partial charge in [0.15, 0.2) is 12.8 Å². The summed E-state index contributed by atoms with van der Waals surface area (Å²) < 4.78 is 77.0. The molecule has 0 bridgehead atoms. The fourth-order valence-electron chi connectivity index (χ4n) is 1.98. The van der Waals surface area contributed by atoms with Crippen LogP contribution in [-0.2, 0) is 14.4 Å². The number of hydrogen-bond acceptors (Lipinski definition) is 6. The Kier molecular flexibility index (Phi) is 13.4. The molecule has 2 rings (SSSR count). The number of anilines is 2. The number of ether oxygens (including phenoxy) is 1. The number of hydroxylamine groups is 1. The van der Waals surface area contributed by atoms with Crippen molar-refractivity contribution in [2.24, 2.45) is 0 Å². The average Bonchev–Trinajstić information content (AvgIpc) is 2.67. The topological polar surface area (TPSA) is 111 Å². The molecule has 0 aliphatic heterocycles. The summed E-state index contributed by atoms with van der Waals surface area (Å²) >= 11 is 6.14. The summed E-state index contributed by atoms with van der Waals surface area (Å²) in [7, 11) is 0.889. The zero-order valence-corrected chi connectivity index (χ0v) is 21.6. The van der Waals surface area contributed by atoms with E-state index in [1.165, 1.54) is 43.3 Å². The van der Waals surface area contributed by atoms with E-state index in [-0.39, 0.29) is 16.4 Å². The SMILES string of the molecule is CC(=O)N(OC(F)(F)F)c1ccc(Br)cc1.CC(=O)Nc1ccc(Br)cc1OC(F)(F)F.C[N+](=O)[O-]. The van der Waals surface area contributed by atoms with E-state index in [0.29, 0.717) is 8.95 Å². The Morgan fingerprint density at radius 2 is 1.42 bits per heavy atom. The second-order valence-corrected chi connectivity index (χ2v) is 7.97. The molecule has 2 amide bonds. The maximum absolute atomic E-state index is 12.0. The number of nitrogens with one attached hydrogen (secondary N) is 1. The second-order valence-electron chi connectivity index (χ2n) is 6.14. The minimum atomic E-state index is -4.90. The fraction of sp³-hybridized carbons (Fsp3) is 0.263. The Balaban J connectivity index is 0.000000593. The van der Waals surface area contributed by atoms with Gasteiger partial charge in [-0.25, -0.2) is 0 Å². The van der Waals surface area contributed by atoms with Crippen LogP contribution in [0.5, 0.6) is 5.75 Å². The lowest BCUT2D eigenvalue weighted by molar-refractivity contribution is -0.445. The van der Waals surface area contributed by atoms with Crippen LogP contribution in [0.1, 0.15) is 13.8 Å². The first-order chi connectivity index (χ1) is 16.3. The van der Waals surface area contributed by atoms with E-state index in [1.54, 1.807) is 0 Å². The van der Waals surface area contributed by atoms with Crippen molar-refractivity contribution in [3.63, 3.8) is 0 Å². The number of hydrogen-bond donors (Lipinski definition) is 1. The number of carbonyl (C=O) groups excluding carboxylic acids is 2. The normalized spacial score (nSPS) is 10.6. The summed E-state index contributed by atoms with van der Waals surface area (Å²) in [5, 5.41) is 11.2. The highest BCUT2D eigenvalue weighted by Crippen LogP contribution is 2.33. The lowest BCUT2D eigenvalue weighted by atomic mass is 10.3. The van der Waals surface area contributed by atoms with Crippen molar-refractivity contribution in [3.05, 3.63) is 61.5 Å². The van der Waals surface area contributed by atoms with Crippen LogP contribution in [0.4, 0.5) is 37.7 Å². The number of nitrogens with zero attached hydrogens (tertiary/aromatic N) is 2. The fourth-order valence-corrected chi connectivity index (χ4v) is 2.58. The van der Waals surface area contributed by atoms with Crippen molar-refractivity contribution < 1.29 is 50.4 Å². The second kappa shape index (κ2) is 14.6. The number of carbonyl (C=O) groups is 2. The largest absolute Gasteiger partial charge is 0.573 e. The summed E-state index contributed by atoms with van der Waals surface area (Å²) in [5.74, 6) is -1.80. The smallest absolute Gasteiger partial charge is 0.404 e. The first kappa shape index (κ1) is 33.1. The van der Waals surface area contributed by atoms with Gasteiger partial charge in [0.1, 0.15) is 0 Å². The lowest BCUT2D eigenvalue weighted by Crippen LogP contribution is -2.35. The van der Waals surface area contributed by atoms with Crippen LogP contribution in [0.2, 0.25) is 0 Å². The molecule has 0 atom stereocenters. The standard InChI is InChI=1S/2C9H7BrF3NO2.CH3NO2/c1-6(15)14(16-9(11,12)13)8-4-2-7(10)3-5-8;1-5(15)14-7-3-2-6(10)4-8(7)16-9(11,12)13;1-2(3)4/h2-5H,1H3;2-4H,1H3,(H,14,15);1H3. The summed E-state index contributed by atoms with van der Waals surface area (Å²) in [4.78, 5) is 33.7. The highest BCUT2D eigenvalue weighted by atomic mass is 79.9. The summed E-state index contributed by atoms with van der Waals surface area (Å²) in [6.07, 6.45) is -9.70. The number of amides is 2. The van der Waals surface area contributed by atoms with E-state index in [1.807, 2.05) is 0 Å². The van der Waals surface area contributed by atoms with Gasteiger partial charge < -0.3 is 10.1 Å². The highest BCUT2D eigenvalue weighted by Gasteiger charge is 2.35. The molecule has 0 unspecified atom stereocenters. The van der Waals surface area contributed by atoms with E-state index in [0.717, 1.165) is 20.0 Å². The molecule has 0 aliphatic carbocycles. The maximum atomic E-state index is 12.0. The predicted molar refractivity (Wildman–Crippen MR) is 122 cm³/mol. The van der Waals surface area contributed by atoms with Gasteiger partial charge in [0.2, 0.25) is 11.8 Å². The minimum Gasteiger partial charge on any atom is -0.404 e. The Bertz CT molecular complexity index is 1030. The summed E-state index contributed by atoms with van der Waals surface area (Å²) in [5.41, 5.74) is -0.0268. The zero-order chi connectivity index (χ0) is 28.3. The molecule has 0 saturated carbocycles. The van der Waals surface area contributed by atoms with Gasteiger partial charge in [-0.05, 0) is 42.5 Å². The number of benzene rings is 2. The van der Waals surface area contributed by atoms with Crippen molar-refractivity contribution in [2.45, 2.75) is 26.6 Å². The van der Waals surface area contributed by atoms with Crippen LogP contribution < -0.4 is 15.1 Å². The molecule has 200 valence electrons. The number of alkyl halides is 6. The van der Waals surface area contributed by atoms with Crippen LogP contribution in [0.3, 0.4) is 0 Å².